The molecule has 0 aliphatic heterocycles. The molecule has 8 nitrogen and oxygen atoms in total. The van der Waals surface area contributed by atoms with E-state index in [0.717, 1.165) is 31.9 Å². The third kappa shape index (κ3) is 6.20. The smallest absolute Gasteiger partial charge is 0.323 e. The molecular formula is C11H21N3O5S. The van der Waals surface area contributed by atoms with Crippen LogP contribution in [0, 0.1) is 0 Å². The number of carboxylic acid groups (broad SMARTS) is 1. The van der Waals surface area contributed by atoms with Gasteiger partial charge in [-0.2, -0.15) is 0 Å². The van der Waals surface area contributed by atoms with Gasteiger partial charge in [0.2, 0.25) is 10.0 Å². The van der Waals surface area contributed by atoms with Gasteiger partial charge in [0, 0.05) is 19.1 Å². The minimum Gasteiger partial charge on any atom is -0.480 e. The third-order valence-corrected chi connectivity index (χ3v) is 3.83. The first kappa shape index (κ1) is 16.7. The van der Waals surface area contributed by atoms with Crippen molar-refractivity contribution in [3.05, 3.63) is 0 Å². The lowest BCUT2D eigenvalue weighted by atomic mass is 10.2. The van der Waals surface area contributed by atoms with Gasteiger partial charge >= 0.3 is 12.0 Å². The molecule has 3 N–H and O–H groups in total. The Kier molecular flexibility index (Phi) is 6.21. The zero-order valence-corrected chi connectivity index (χ0v) is 12.3. The molecule has 1 saturated carbocycles. The van der Waals surface area contributed by atoms with Crippen LogP contribution in [0.2, 0.25) is 0 Å². The second-order valence-electron chi connectivity index (χ2n) is 4.86. The van der Waals surface area contributed by atoms with Crippen molar-refractivity contribution in [2.24, 2.45) is 0 Å². The summed E-state index contributed by atoms with van der Waals surface area (Å²) >= 11 is 0. The molecule has 20 heavy (non-hydrogen) atoms. The summed E-state index contributed by atoms with van der Waals surface area (Å²) < 4.78 is 24.0. The molecule has 116 valence electrons. The van der Waals surface area contributed by atoms with Gasteiger partial charge in [0.25, 0.3) is 0 Å². The van der Waals surface area contributed by atoms with Gasteiger partial charge in [0.15, 0.2) is 0 Å². The van der Waals surface area contributed by atoms with Gasteiger partial charge in [-0.05, 0) is 12.8 Å². The van der Waals surface area contributed by atoms with E-state index in [4.69, 9.17) is 5.11 Å². The maximum Gasteiger partial charge on any atom is 0.323 e. The minimum absolute atomic E-state index is 0.0473. The molecule has 2 amide bonds. The van der Waals surface area contributed by atoms with Gasteiger partial charge < -0.3 is 15.3 Å². The SMILES string of the molecule is CS(=O)(=O)NCCNC(=O)N(CC(=O)O)C1CCCC1. The molecular weight excluding hydrogens is 286 g/mol. The molecule has 0 saturated heterocycles. The molecule has 0 unspecified atom stereocenters. The zero-order valence-electron chi connectivity index (χ0n) is 11.5. The summed E-state index contributed by atoms with van der Waals surface area (Å²) in [6, 6.07) is -0.511. The minimum atomic E-state index is -3.29. The van der Waals surface area contributed by atoms with E-state index in [1.807, 2.05) is 0 Å². The lowest BCUT2D eigenvalue weighted by Crippen LogP contribution is -2.49. The summed E-state index contributed by atoms with van der Waals surface area (Å²) in [5.74, 6) is -1.05. The number of carbonyl (C=O) groups is 2. The average molecular weight is 307 g/mol. The number of carboxylic acids is 1. The fourth-order valence-electron chi connectivity index (χ4n) is 2.24. The first-order valence-corrected chi connectivity index (χ1v) is 8.39. The van der Waals surface area contributed by atoms with Gasteiger partial charge in [0.05, 0.1) is 6.26 Å². The van der Waals surface area contributed by atoms with Crippen molar-refractivity contribution in [3.63, 3.8) is 0 Å². The van der Waals surface area contributed by atoms with Crippen LogP contribution in [0.1, 0.15) is 25.7 Å². The Morgan fingerprint density at radius 2 is 1.85 bits per heavy atom. The Labute approximate surface area is 118 Å². The number of aliphatic carboxylic acids is 1. The van der Waals surface area contributed by atoms with Gasteiger partial charge in [0.1, 0.15) is 6.54 Å². The van der Waals surface area contributed by atoms with Crippen LogP contribution < -0.4 is 10.0 Å². The second-order valence-corrected chi connectivity index (χ2v) is 6.69. The number of hydrogen-bond donors (Lipinski definition) is 3. The quantitative estimate of drug-likeness (QED) is 0.552. The number of urea groups is 1. The zero-order chi connectivity index (χ0) is 15.2. The largest absolute Gasteiger partial charge is 0.480 e. The fourth-order valence-corrected chi connectivity index (χ4v) is 2.71. The highest BCUT2D eigenvalue weighted by Gasteiger charge is 2.28. The van der Waals surface area contributed by atoms with Crippen molar-refractivity contribution in [2.45, 2.75) is 31.7 Å². The van der Waals surface area contributed by atoms with Crippen LogP contribution in [-0.4, -0.2) is 62.4 Å². The van der Waals surface area contributed by atoms with E-state index in [-0.39, 0.29) is 25.7 Å². The number of nitrogens with one attached hydrogen (secondary N) is 2. The van der Waals surface area contributed by atoms with Crippen LogP contribution in [0.5, 0.6) is 0 Å². The monoisotopic (exact) mass is 307 g/mol. The normalized spacial score (nSPS) is 16.1. The molecule has 0 atom stereocenters. The van der Waals surface area contributed by atoms with Gasteiger partial charge in [-0.3, -0.25) is 4.79 Å². The summed E-state index contributed by atoms with van der Waals surface area (Å²) in [6.07, 6.45) is 4.63. The highest BCUT2D eigenvalue weighted by Crippen LogP contribution is 2.23. The molecule has 0 radical (unpaired) electrons. The van der Waals surface area contributed by atoms with E-state index in [0.29, 0.717) is 0 Å². The predicted molar refractivity (Wildman–Crippen MR) is 72.8 cm³/mol. The number of carbonyl (C=O) groups excluding carboxylic acids is 1. The van der Waals surface area contributed by atoms with Gasteiger partial charge in [-0.15, -0.1) is 0 Å². The van der Waals surface area contributed by atoms with Crippen LogP contribution in [0.15, 0.2) is 0 Å². The summed E-state index contributed by atoms with van der Waals surface area (Å²) in [6.45, 7) is -0.138. The lowest BCUT2D eigenvalue weighted by molar-refractivity contribution is -0.138. The molecule has 9 heteroatoms. The van der Waals surface area contributed by atoms with Crippen molar-refractivity contribution in [1.82, 2.24) is 14.9 Å². The van der Waals surface area contributed by atoms with Crippen molar-refractivity contribution >= 4 is 22.0 Å². The van der Waals surface area contributed by atoms with Gasteiger partial charge in [-0.25, -0.2) is 17.9 Å². The summed E-state index contributed by atoms with van der Waals surface area (Å²) in [7, 11) is -3.29. The van der Waals surface area contributed by atoms with Crippen LogP contribution in [0.3, 0.4) is 0 Å². The van der Waals surface area contributed by atoms with E-state index in [1.165, 1.54) is 4.90 Å². The molecule has 1 fully saturated rings. The fraction of sp³-hybridized carbons (Fsp3) is 0.818. The van der Waals surface area contributed by atoms with E-state index < -0.39 is 22.0 Å². The number of nitrogens with zero attached hydrogens (tertiary/aromatic N) is 1. The number of sulfonamides is 1. The Hall–Kier alpha value is -1.35. The van der Waals surface area contributed by atoms with Crippen LogP contribution in [-0.2, 0) is 14.8 Å². The van der Waals surface area contributed by atoms with Crippen molar-refractivity contribution in [3.8, 4) is 0 Å². The molecule has 1 aliphatic rings. The Morgan fingerprint density at radius 3 is 2.35 bits per heavy atom. The maximum absolute atomic E-state index is 12.0. The average Bonchev–Trinajstić information content (AvgIpc) is 2.83. The highest BCUT2D eigenvalue weighted by molar-refractivity contribution is 7.88. The van der Waals surface area contributed by atoms with E-state index in [1.54, 1.807) is 0 Å². The molecule has 0 spiro atoms. The molecule has 0 heterocycles. The Bertz CT molecular complexity index is 445. The number of amides is 2. The second kappa shape index (κ2) is 7.44. The summed E-state index contributed by atoms with van der Waals surface area (Å²) in [5.41, 5.74) is 0. The van der Waals surface area contributed by atoms with Crippen molar-refractivity contribution in [2.75, 3.05) is 25.9 Å². The van der Waals surface area contributed by atoms with E-state index in [2.05, 4.69) is 10.0 Å². The molecule has 0 aromatic heterocycles. The van der Waals surface area contributed by atoms with E-state index >= 15 is 0 Å². The molecule has 0 bridgehead atoms. The van der Waals surface area contributed by atoms with Crippen LogP contribution in [0.25, 0.3) is 0 Å². The predicted octanol–water partition coefficient (Wildman–Crippen LogP) is -0.426. The molecule has 1 rings (SSSR count). The highest BCUT2D eigenvalue weighted by atomic mass is 32.2. The number of hydrogen-bond acceptors (Lipinski definition) is 4. The standard InChI is InChI=1S/C11H21N3O5S/c1-20(18,19)13-7-6-12-11(17)14(8-10(15)16)9-4-2-3-5-9/h9,13H,2-8H2,1H3,(H,12,17)(H,15,16). The Balaban J connectivity index is 2.44. The lowest BCUT2D eigenvalue weighted by Gasteiger charge is -2.27. The maximum atomic E-state index is 12.0. The van der Waals surface area contributed by atoms with Crippen LogP contribution >= 0.6 is 0 Å². The first-order chi connectivity index (χ1) is 9.29. The topological polar surface area (TPSA) is 116 Å². The first-order valence-electron chi connectivity index (χ1n) is 6.50. The molecule has 1 aliphatic carbocycles. The third-order valence-electron chi connectivity index (χ3n) is 3.10. The Morgan fingerprint density at radius 1 is 1.25 bits per heavy atom. The summed E-state index contributed by atoms with van der Waals surface area (Å²) in [5, 5.41) is 11.4. The van der Waals surface area contributed by atoms with E-state index in [9.17, 15) is 18.0 Å². The van der Waals surface area contributed by atoms with Gasteiger partial charge in [-0.1, -0.05) is 12.8 Å². The van der Waals surface area contributed by atoms with Crippen LogP contribution in [0.4, 0.5) is 4.79 Å². The number of rotatable bonds is 7. The van der Waals surface area contributed by atoms with Crippen molar-refractivity contribution in [1.29, 1.82) is 0 Å². The molecule has 0 aromatic carbocycles. The summed E-state index contributed by atoms with van der Waals surface area (Å²) in [4.78, 5) is 24.1. The molecule has 0 aromatic rings. The van der Waals surface area contributed by atoms with Crippen molar-refractivity contribution < 1.29 is 23.1 Å².